The van der Waals surface area contributed by atoms with Gasteiger partial charge in [0, 0.05) is 34.1 Å². The molecule has 2 aromatic rings. The molecule has 6 heteroatoms. The van der Waals surface area contributed by atoms with Crippen LogP contribution in [-0.2, 0) is 4.74 Å². The van der Waals surface area contributed by atoms with Crippen LogP contribution in [-0.4, -0.2) is 18.7 Å². The van der Waals surface area contributed by atoms with Gasteiger partial charge >= 0.3 is 0 Å². The van der Waals surface area contributed by atoms with Gasteiger partial charge in [-0.1, -0.05) is 24.3 Å². The molecule has 3 rings (SSSR count). The summed E-state index contributed by atoms with van der Waals surface area (Å²) in [5.41, 5.74) is 2.23. The molecule has 0 radical (unpaired) electrons. The molecule has 0 saturated carbocycles. The number of hydrogen-bond acceptors (Lipinski definition) is 6. The highest BCUT2D eigenvalue weighted by Crippen LogP contribution is 2.40. The van der Waals surface area contributed by atoms with Gasteiger partial charge in [-0.15, -0.1) is 11.3 Å². The number of anilines is 1. The lowest BCUT2D eigenvalue weighted by Crippen LogP contribution is -2.21. The van der Waals surface area contributed by atoms with Crippen LogP contribution in [0.15, 0.2) is 65.0 Å². The van der Waals surface area contributed by atoms with Gasteiger partial charge in [0.05, 0.1) is 0 Å². The number of thiophene rings is 1. The van der Waals surface area contributed by atoms with Gasteiger partial charge in [0.25, 0.3) is 0 Å². The van der Waals surface area contributed by atoms with Gasteiger partial charge in [-0.05, 0) is 69.7 Å². The molecule has 170 valence electrons. The average Bonchev–Trinajstić information content (AvgIpc) is 3.39. The molecule has 0 atom stereocenters. The van der Waals surface area contributed by atoms with E-state index in [2.05, 4.69) is 67.3 Å². The zero-order valence-electron chi connectivity index (χ0n) is 19.8. The van der Waals surface area contributed by atoms with E-state index in [1.165, 1.54) is 5.69 Å². The molecular weight excluding hydrogens is 440 g/mol. The lowest BCUT2D eigenvalue weighted by atomic mass is 9.94. The molecule has 1 aromatic carbocycles. The first-order valence-electron chi connectivity index (χ1n) is 11.1. The molecule has 1 aliphatic heterocycles. The van der Waals surface area contributed by atoms with Crippen LogP contribution >= 0.6 is 11.3 Å². The van der Waals surface area contributed by atoms with Crippen LogP contribution in [0.5, 0.6) is 0 Å². The van der Waals surface area contributed by atoms with Crippen LogP contribution in [0.2, 0.25) is 0 Å². The molecule has 5 nitrogen and oxygen atoms in total. The van der Waals surface area contributed by atoms with Crippen molar-refractivity contribution < 1.29 is 4.74 Å². The molecule has 0 fully saturated rings. The number of benzene rings is 1. The molecule has 1 aliphatic rings. The molecule has 0 amide bonds. The largest absolute Gasteiger partial charge is 0.480 e. The van der Waals surface area contributed by atoms with Crippen LogP contribution in [0.4, 0.5) is 5.69 Å². The van der Waals surface area contributed by atoms with Crippen molar-refractivity contribution in [2.45, 2.75) is 33.3 Å². The van der Waals surface area contributed by atoms with E-state index in [0.717, 1.165) is 28.4 Å². The first-order chi connectivity index (χ1) is 16.4. The first-order valence-corrected chi connectivity index (χ1v) is 11.9. The predicted molar refractivity (Wildman–Crippen MR) is 138 cm³/mol. The second-order valence-corrected chi connectivity index (χ2v) is 9.26. The predicted octanol–water partition coefficient (Wildman–Crippen LogP) is 6.71. The maximum atomic E-state index is 9.65. The minimum Gasteiger partial charge on any atom is -0.480 e. The quantitative estimate of drug-likeness (QED) is 0.424. The number of hydrogen-bond donors (Lipinski definition) is 0. The van der Waals surface area contributed by atoms with Gasteiger partial charge < -0.3 is 9.64 Å². The summed E-state index contributed by atoms with van der Waals surface area (Å²) in [4.78, 5) is 4.45. The normalized spacial score (nSPS) is 14.7. The maximum Gasteiger partial charge on any atom is 0.172 e. The van der Waals surface area contributed by atoms with Crippen molar-refractivity contribution in [3.05, 3.63) is 80.3 Å². The molecular formula is C28H26N4OS. The molecule has 34 heavy (non-hydrogen) atoms. The highest BCUT2D eigenvalue weighted by Gasteiger charge is 2.38. The number of ether oxygens (including phenoxy) is 1. The Bertz CT molecular complexity index is 1280. The standard InChI is InChI=1S/C28H26N4OS/c1-5-32(6-2)22-10-7-20(8-11-22)9-12-23-13-14-24(34-23)15-16-26-25(19-31)27(21(17-29)18-30)33-28(26,3)4/h7-16H,5-6H2,1-4H3. The third-order valence-electron chi connectivity index (χ3n) is 5.59. The summed E-state index contributed by atoms with van der Waals surface area (Å²) < 4.78 is 5.80. The summed E-state index contributed by atoms with van der Waals surface area (Å²) in [6.07, 6.45) is 7.95. The Morgan fingerprint density at radius 1 is 0.912 bits per heavy atom. The smallest absolute Gasteiger partial charge is 0.172 e. The summed E-state index contributed by atoms with van der Waals surface area (Å²) in [7, 11) is 0. The Morgan fingerprint density at radius 3 is 2.03 bits per heavy atom. The third kappa shape index (κ3) is 5.29. The summed E-state index contributed by atoms with van der Waals surface area (Å²) in [5.74, 6) is 0.0546. The Balaban J connectivity index is 1.79. The monoisotopic (exact) mass is 466 g/mol. The van der Waals surface area contributed by atoms with Gasteiger partial charge in [0.15, 0.2) is 11.3 Å². The van der Waals surface area contributed by atoms with E-state index >= 15 is 0 Å². The fraction of sp³-hybridized carbons (Fsp3) is 0.250. The Labute approximate surface area is 205 Å². The van der Waals surface area contributed by atoms with E-state index in [0.29, 0.717) is 5.57 Å². The lowest BCUT2D eigenvalue weighted by molar-refractivity contribution is 0.0954. The number of nitriles is 3. The third-order valence-corrected chi connectivity index (χ3v) is 6.60. The number of allylic oxidation sites excluding steroid dienone is 2. The minimum absolute atomic E-state index is 0.0546. The van der Waals surface area contributed by atoms with Crippen molar-refractivity contribution in [1.82, 2.24) is 0 Å². The molecule has 0 saturated heterocycles. The van der Waals surface area contributed by atoms with Gasteiger partial charge in [0.1, 0.15) is 29.4 Å². The second kappa shape index (κ2) is 10.7. The van der Waals surface area contributed by atoms with E-state index in [1.54, 1.807) is 11.3 Å². The summed E-state index contributed by atoms with van der Waals surface area (Å²) in [6.45, 7) is 9.92. The maximum absolute atomic E-state index is 9.65. The molecule has 0 spiro atoms. The van der Waals surface area contributed by atoms with Crippen molar-refractivity contribution in [3.8, 4) is 18.2 Å². The number of rotatable bonds is 7. The van der Waals surface area contributed by atoms with Gasteiger partial charge in [-0.3, -0.25) is 0 Å². The van der Waals surface area contributed by atoms with E-state index < -0.39 is 5.60 Å². The van der Waals surface area contributed by atoms with Gasteiger partial charge in [-0.25, -0.2) is 0 Å². The Morgan fingerprint density at radius 2 is 1.50 bits per heavy atom. The molecule has 2 heterocycles. The highest BCUT2D eigenvalue weighted by molar-refractivity contribution is 7.13. The highest BCUT2D eigenvalue weighted by atomic mass is 32.1. The van der Waals surface area contributed by atoms with Crippen LogP contribution < -0.4 is 4.90 Å². The molecule has 0 bridgehead atoms. The first kappa shape index (κ1) is 24.6. The van der Waals surface area contributed by atoms with Crippen molar-refractivity contribution in [3.63, 3.8) is 0 Å². The molecule has 1 aromatic heterocycles. The summed E-state index contributed by atoms with van der Waals surface area (Å²) in [6, 6.07) is 18.3. The molecule has 0 aliphatic carbocycles. The molecule has 0 N–H and O–H groups in total. The topological polar surface area (TPSA) is 83.8 Å². The second-order valence-electron chi connectivity index (χ2n) is 8.11. The van der Waals surface area contributed by atoms with Crippen molar-refractivity contribution >= 4 is 35.3 Å². The van der Waals surface area contributed by atoms with Crippen LogP contribution in [0.3, 0.4) is 0 Å². The molecule has 0 unspecified atom stereocenters. The summed E-state index contributed by atoms with van der Waals surface area (Å²) in [5, 5.41) is 28.0. The van der Waals surface area contributed by atoms with Crippen molar-refractivity contribution in [2.75, 3.05) is 18.0 Å². The van der Waals surface area contributed by atoms with Gasteiger partial charge in [-0.2, -0.15) is 15.8 Å². The van der Waals surface area contributed by atoms with Crippen LogP contribution in [0.25, 0.3) is 18.2 Å². The summed E-state index contributed by atoms with van der Waals surface area (Å²) >= 11 is 1.63. The van der Waals surface area contributed by atoms with E-state index in [-0.39, 0.29) is 16.9 Å². The van der Waals surface area contributed by atoms with E-state index in [9.17, 15) is 15.8 Å². The van der Waals surface area contributed by atoms with E-state index in [4.69, 9.17) is 4.74 Å². The fourth-order valence-corrected chi connectivity index (χ4v) is 4.57. The number of nitrogens with zero attached hydrogens (tertiary/aromatic N) is 4. The van der Waals surface area contributed by atoms with Gasteiger partial charge in [0.2, 0.25) is 0 Å². The van der Waals surface area contributed by atoms with E-state index in [1.807, 2.05) is 44.2 Å². The SMILES string of the molecule is CCN(CC)c1ccc(C=Cc2ccc(C=CC3=C(C#N)C(=C(C#N)C#N)OC3(C)C)s2)cc1. The Kier molecular flexibility index (Phi) is 7.75. The Hall–Kier alpha value is -4.05. The minimum atomic E-state index is -0.812. The van der Waals surface area contributed by atoms with Crippen LogP contribution in [0.1, 0.15) is 43.0 Å². The van der Waals surface area contributed by atoms with Crippen molar-refractivity contribution in [2.24, 2.45) is 0 Å². The zero-order valence-corrected chi connectivity index (χ0v) is 20.6. The zero-order chi connectivity index (χ0) is 24.7. The lowest BCUT2D eigenvalue weighted by Gasteiger charge is -2.20. The fourth-order valence-electron chi connectivity index (χ4n) is 3.76. The van der Waals surface area contributed by atoms with Crippen molar-refractivity contribution in [1.29, 1.82) is 15.8 Å². The van der Waals surface area contributed by atoms with Crippen LogP contribution in [0, 0.1) is 34.0 Å². The average molecular weight is 467 g/mol.